The maximum atomic E-state index is 12.8. The summed E-state index contributed by atoms with van der Waals surface area (Å²) in [5.74, 6) is 0.899. The van der Waals surface area contributed by atoms with Crippen molar-refractivity contribution in [3.05, 3.63) is 53.9 Å². The van der Waals surface area contributed by atoms with Crippen LogP contribution >= 0.6 is 24.0 Å². The number of rotatable bonds is 10. The Kier molecular flexibility index (Phi) is 11.9. The zero-order valence-electron chi connectivity index (χ0n) is 16.5. The van der Waals surface area contributed by atoms with Crippen LogP contribution in [-0.2, 0) is 13.0 Å². The molecule has 1 heterocycles. The van der Waals surface area contributed by atoms with Gasteiger partial charge >= 0.3 is 6.61 Å². The van der Waals surface area contributed by atoms with E-state index in [-0.39, 0.29) is 42.0 Å². The zero-order valence-corrected chi connectivity index (χ0v) is 18.9. The molecule has 160 valence electrons. The van der Waals surface area contributed by atoms with Crippen LogP contribution in [0.25, 0.3) is 0 Å². The molecule has 0 bridgehead atoms. The first-order valence-corrected chi connectivity index (χ1v) is 9.24. The molecule has 2 rings (SSSR count). The van der Waals surface area contributed by atoms with E-state index in [0.29, 0.717) is 31.2 Å². The molecule has 0 amide bonds. The number of halogens is 3. The monoisotopic (exact) mass is 520 g/mol. The number of pyridine rings is 1. The van der Waals surface area contributed by atoms with Crippen molar-refractivity contribution in [1.82, 2.24) is 15.6 Å². The number of hydrogen-bond acceptors (Lipinski definition) is 4. The molecule has 0 radical (unpaired) electrons. The quantitative estimate of drug-likeness (QED) is 0.282. The maximum absolute atomic E-state index is 12.8. The number of aliphatic imine (C=N–C) groups is 1. The summed E-state index contributed by atoms with van der Waals surface area (Å²) < 4.78 is 35.7. The molecule has 9 heteroatoms. The zero-order chi connectivity index (χ0) is 20.2. The number of guanidine groups is 1. The van der Waals surface area contributed by atoms with E-state index in [2.05, 4.69) is 25.3 Å². The molecule has 0 saturated heterocycles. The fourth-order valence-corrected chi connectivity index (χ4v) is 2.56. The lowest BCUT2D eigenvalue weighted by atomic mass is 10.2. The van der Waals surface area contributed by atoms with Crippen LogP contribution in [0.2, 0.25) is 0 Å². The van der Waals surface area contributed by atoms with E-state index in [1.54, 1.807) is 31.3 Å². The molecular formula is C20H27F2IN4O2. The highest BCUT2D eigenvalue weighted by atomic mass is 127. The van der Waals surface area contributed by atoms with E-state index in [4.69, 9.17) is 4.74 Å². The van der Waals surface area contributed by atoms with Crippen molar-refractivity contribution in [2.75, 3.05) is 19.7 Å². The lowest BCUT2D eigenvalue weighted by Gasteiger charge is -2.15. The van der Waals surface area contributed by atoms with Gasteiger partial charge in [0, 0.05) is 31.0 Å². The molecular weight excluding hydrogens is 493 g/mol. The summed E-state index contributed by atoms with van der Waals surface area (Å²) in [5.41, 5.74) is 1.64. The van der Waals surface area contributed by atoms with Gasteiger partial charge in [-0.15, -0.1) is 24.0 Å². The Morgan fingerprint density at radius 1 is 1.17 bits per heavy atom. The van der Waals surface area contributed by atoms with Crippen molar-refractivity contribution in [3.8, 4) is 11.5 Å². The van der Waals surface area contributed by atoms with Crippen molar-refractivity contribution in [2.24, 2.45) is 4.99 Å². The number of hydrogen-bond donors (Lipinski definition) is 2. The van der Waals surface area contributed by atoms with Gasteiger partial charge in [-0.2, -0.15) is 8.78 Å². The number of ether oxygens (including phenoxy) is 2. The lowest BCUT2D eigenvalue weighted by molar-refractivity contribution is -0.0520. The van der Waals surface area contributed by atoms with Gasteiger partial charge in [-0.3, -0.25) is 4.98 Å². The first-order chi connectivity index (χ1) is 13.6. The third-order valence-electron chi connectivity index (χ3n) is 3.75. The Morgan fingerprint density at radius 3 is 2.66 bits per heavy atom. The number of nitrogens with one attached hydrogen (secondary N) is 2. The summed E-state index contributed by atoms with van der Waals surface area (Å²) in [6, 6.07) is 8.93. The van der Waals surface area contributed by atoms with Crippen molar-refractivity contribution >= 4 is 29.9 Å². The fraction of sp³-hybridized carbons (Fsp3) is 0.400. The molecule has 0 unspecified atom stereocenters. The predicted molar refractivity (Wildman–Crippen MR) is 120 cm³/mol. The van der Waals surface area contributed by atoms with Gasteiger partial charge in [-0.05, 0) is 38.0 Å². The molecule has 1 aromatic heterocycles. The highest BCUT2D eigenvalue weighted by Gasteiger charge is 2.15. The Hall–Kier alpha value is -2.17. The van der Waals surface area contributed by atoms with Gasteiger partial charge in [0.2, 0.25) is 0 Å². The van der Waals surface area contributed by atoms with Crippen LogP contribution in [0.15, 0.2) is 47.7 Å². The van der Waals surface area contributed by atoms with E-state index < -0.39 is 6.61 Å². The lowest BCUT2D eigenvalue weighted by Crippen LogP contribution is -2.38. The normalized spacial score (nSPS) is 11.0. The average Bonchev–Trinajstić information content (AvgIpc) is 2.68. The van der Waals surface area contributed by atoms with Crippen LogP contribution < -0.4 is 20.1 Å². The van der Waals surface area contributed by atoms with Crippen LogP contribution in [0.5, 0.6) is 11.5 Å². The van der Waals surface area contributed by atoms with Crippen molar-refractivity contribution in [1.29, 1.82) is 0 Å². The molecule has 0 fully saturated rings. The Bertz CT molecular complexity index is 749. The second-order valence-electron chi connectivity index (χ2n) is 5.79. The number of nitrogens with zero attached hydrogens (tertiary/aromatic N) is 2. The Labute approximate surface area is 187 Å². The summed E-state index contributed by atoms with van der Waals surface area (Å²) in [4.78, 5) is 8.57. The van der Waals surface area contributed by atoms with E-state index in [1.807, 2.05) is 25.3 Å². The first-order valence-electron chi connectivity index (χ1n) is 9.24. The van der Waals surface area contributed by atoms with Crippen molar-refractivity contribution < 1.29 is 18.3 Å². The maximum Gasteiger partial charge on any atom is 0.387 e. The topological polar surface area (TPSA) is 67.8 Å². The number of aromatic nitrogens is 1. The molecule has 2 aromatic rings. The molecule has 1 aromatic carbocycles. The van der Waals surface area contributed by atoms with Gasteiger partial charge in [0.15, 0.2) is 17.5 Å². The largest absolute Gasteiger partial charge is 0.490 e. The standard InChI is InChI=1S/C20H26F2N4O2.HI/c1-3-24-20(25-12-10-15-7-6-11-23-13-15)26-14-16-8-5-9-17(27-4-2)18(16)28-19(21)22;/h5-9,11,13,19H,3-4,10,12,14H2,1-2H3,(H2,24,25,26);1H. The third kappa shape index (κ3) is 8.80. The van der Waals surface area contributed by atoms with Gasteiger partial charge in [0.1, 0.15) is 0 Å². The molecule has 0 atom stereocenters. The summed E-state index contributed by atoms with van der Waals surface area (Å²) in [6.45, 7) is 2.67. The van der Waals surface area contributed by atoms with Crippen LogP contribution in [-0.4, -0.2) is 37.3 Å². The van der Waals surface area contributed by atoms with E-state index in [9.17, 15) is 8.78 Å². The first kappa shape index (κ1) is 24.9. The smallest absolute Gasteiger partial charge is 0.387 e. The van der Waals surface area contributed by atoms with Crippen LogP contribution in [0.1, 0.15) is 25.0 Å². The molecule has 0 aliphatic carbocycles. The van der Waals surface area contributed by atoms with Gasteiger partial charge in [-0.25, -0.2) is 4.99 Å². The Morgan fingerprint density at radius 2 is 2.00 bits per heavy atom. The minimum Gasteiger partial charge on any atom is -0.490 e. The summed E-state index contributed by atoms with van der Waals surface area (Å²) in [7, 11) is 0. The average molecular weight is 520 g/mol. The summed E-state index contributed by atoms with van der Waals surface area (Å²) in [5, 5.41) is 6.37. The van der Waals surface area contributed by atoms with Crippen molar-refractivity contribution in [3.63, 3.8) is 0 Å². The van der Waals surface area contributed by atoms with Crippen LogP contribution in [0.4, 0.5) is 8.78 Å². The van der Waals surface area contributed by atoms with E-state index >= 15 is 0 Å². The minimum absolute atomic E-state index is 0. The summed E-state index contributed by atoms with van der Waals surface area (Å²) >= 11 is 0. The second-order valence-corrected chi connectivity index (χ2v) is 5.79. The fourth-order valence-electron chi connectivity index (χ4n) is 2.56. The highest BCUT2D eigenvalue weighted by Crippen LogP contribution is 2.33. The van der Waals surface area contributed by atoms with Crippen LogP contribution in [0, 0.1) is 0 Å². The molecule has 0 saturated carbocycles. The number of benzene rings is 1. The molecule has 0 aliphatic heterocycles. The SMILES string of the molecule is CCNC(=NCc1cccc(OCC)c1OC(F)F)NCCc1cccnc1.I. The van der Waals surface area contributed by atoms with Crippen LogP contribution in [0.3, 0.4) is 0 Å². The Balaban J connectivity index is 0.00000420. The minimum atomic E-state index is -2.94. The molecule has 6 nitrogen and oxygen atoms in total. The van der Waals surface area contributed by atoms with Gasteiger partial charge in [0.25, 0.3) is 0 Å². The molecule has 0 spiro atoms. The van der Waals surface area contributed by atoms with Crippen molar-refractivity contribution in [2.45, 2.75) is 33.4 Å². The summed E-state index contributed by atoms with van der Waals surface area (Å²) in [6.07, 6.45) is 4.34. The second kappa shape index (κ2) is 13.9. The van der Waals surface area contributed by atoms with E-state index in [1.165, 1.54) is 0 Å². The van der Waals surface area contributed by atoms with Gasteiger partial charge < -0.3 is 20.1 Å². The number of para-hydroxylation sites is 1. The highest BCUT2D eigenvalue weighted by molar-refractivity contribution is 14.0. The van der Waals surface area contributed by atoms with Gasteiger partial charge in [0.05, 0.1) is 13.2 Å². The van der Waals surface area contributed by atoms with E-state index in [0.717, 1.165) is 12.0 Å². The molecule has 2 N–H and O–H groups in total. The third-order valence-corrected chi connectivity index (χ3v) is 3.75. The molecule has 29 heavy (non-hydrogen) atoms. The predicted octanol–water partition coefficient (Wildman–Crippen LogP) is 4.00. The number of alkyl halides is 2. The van der Waals surface area contributed by atoms with Gasteiger partial charge in [-0.1, -0.05) is 18.2 Å². The molecule has 0 aliphatic rings.